The first-order valence-corrected chi connectivity index (χ1v) is 7.02. The van der Waals surface area contributed by atoms with Crippen molar-refractivity contribution in [1.29, 1.82) is 0 Å². The molecule has 1 saturated heterocycles. The molecule has 2 aromatic heterocycles. The molecule has 4 heteroatoms. The normalized spacial score (nSPS) is 19.9. The number of hydrogen-bond donors (Lipinski definition) is 0. The molecule has 3 rings (SSSR count). The van der Waals surface area contributed by atoms with E-state index in [1.807, 2.05) is 30.7 Å². The largest absolute Gasteiger partial charge is 0.375 e. The third kappa shape index (κ3) is 3.62. The third-order valence-electron chi connectivity index (χ3n) is 3.54. The van der Waals surface area contributed by atoms with Crippen LogP contribution in [0.25, 0.3) is 0 Å². The maximum Gasteiger partial charge on any atom is 0.0743 e. The predicted octanol–water partition coefficient (Wildman–Crippen LogP) is 1.92. The van der Waals surface area contributed by atoms with Crippen molar-refractivity contribution in [3.8, 4) is 0 Å². The van der Waals surface area contributed by atoms with Crippen molar-refractivity contribution in [2.45, 2.75) is 19.1 Å². The molecule has 0 N–H and O–H groups in total. The molecule has 104 valence electrons. The summed E-state index contributed by atoms with van der Waals surface area (Å²) < 4.78 is 5.86. The van der Waals surface area contributed by atoms with Crippen molar-refractivity contribution in [1.82, 2.24) is 14.9 Å². The molecule has 0 radical (unpaired) electrons. The summed E-state index contributed by atoms with van der Waals surface area (Å²) in [5.41, 5.74) is 2.50. The Labute approximate surface area is 119 Å². The molecular weight excluding hydrogens is 250 g/mol. The van der Waals surface area contributed by atoms with Crippen molar-refractivity contribution in [3.63, 3.8) is 0 Å². The topological polar surface area (TPSA) is 38.2 Å². The smallest absolute Gasteiger partial charge is 0.0743 e. The molecule has 0 saturated carbocycles. The molecule has 1 atom stereocenters. The Morgan fingerprint density at radius 3 is 2.55 bits per heavy atom. The van der Waals surface area contributed by atoms with Gasteiger partial charge in [-0.3, -0.25) is 14.9 Å². The number of hydrogen-bond acceptors (Lipinski definition) is 4. The molecule has 0 aliphatic carbocycles. The lowest BCUT2D eigenvalue weighted by Crippen LogP contribution is -2.42. The second-order valence-electron chi connectivity index (χ2n) is 5.15. The lowest BCUT2D eigenvalue weighted by molar-refractivity contribution is -0.0305. The number of rotatable bonds is 4. The minimum atomic E-state index is 0.254. The SMILES string of the molecule is c1cncc(CC2CN(Cc3cccnc3)CCO2)c1. The average Bonchev–Trinajstić information content (AvgIpc) is 2.50. The Balaban J connectivity index is 1.57. The van der Waals surface area contributed by atoms with Crippen molar-refractivity contribution in [2.24, 2.45) is 0 Å². The Hall–Kier alpha value is -1.78. The third-order valence-corrected chi connectivity index (χ3v) is 3.54. The van der Waals surface area contributed by atoms with Crippen LogP contribution in [0.4, 0.5) is 0 Å². The zero-order chi connectivity index (χ0) is 13.6. The average molecular weight is 269 g/mol. The maximum absolute atomic E-state index is 5.86. The van der Waals surface area contributed by atoms with E-state index in [4.69, 9.17) is 4.74 Å². The van der Waals surface area contributed by atoms with Crippen LogP contribution in [-0.4, -0.2) is 40.7 Å². The monoisotopic (exact) mass is 269 g/mol. The number of ether oxygens (including phenoxy) is 1. The molecule has 0 bridgehead atoms. The van der Waals surface area contributed by atoms with E-state index in [2.05, 4.69) is 27.0 Å². The van der Waals surface area contributed by atoms with Gasteiger partial charge >= 0.3 is 0 Å². The highest BCUT2D eigenvalue weighted by molar-refractivity contribution is 5.11. The van der Waals surface area contributed by atoms with E-state index in [1.165, 1.54) is 11.1 Å². The maximum atomic E-state index is 5.86. The molecule has 0 amide bonds. The quantitative estimate of drug-likeness (QED) is 0.850. The highest BCUT2D eigenvalue weighted by atomic mass is 16.5. The first-order chi connectivity index (χ1) is 9.90. The van der Waals surface area contributed by atoms with E-state index < -0.39 is 0 Å². The van der Waals surface area contributed by atoms with E-state index in [-0.39, 0.29) is 6.10 Å². The number of morpholine rings is 1. The molecule has 2 aromatic rings. The van der Waals surface area contributed by atoms with E-state index in [1.54, 1.807) is 6.20 Å². The van der Waals surface area contributed by atoms with Gasteiger partial charge in [0, 0.05) is 50.8 Å². The van der Waals surface area contributed by atoms with Gasteiger partial charge in [-0.25, -0.2) is 0 Å². The van der Waals surface area contributed by atoms with Crippen molar-refractivity contribution >= 4 is 0 Å². The molecule has 1 aliphatic heterocycles. The van der Waals surface area contributed by atoms with E-state index in [9.17, 15) is 0 Å². The van der Waals surface area contributed by atoms with Gasteiger partial charge in [-0.15, -0.1) is 0 Å². The summed E-state index contributed by atoms with van der Waals surface area (Å²) in [5, 5.41) is 0. The highest BCUT2D eigenvalue weighted by Crippen LogP contribution is 2.13. The Morgan fingerprint density at radius 2 is 1.85 bits per heavy atom. The predicted molar refractivity (Wildman–Crippen MR) is 77.2 cm³/mol. The fourth-order valence-electron chi connectivity index (χ4n) is 2.58. The summed E-state index contributed by atoms with van der Waals surface area (Å²) in [7, 11) is 0. The van der Waals surface area contributed by atoms with Gasteiger partial charge in [0.15, 0.2) is 0 Å². The van der Waals surface area contributed by atoms with E-state index >= 15 is 0 Å². The summed E-state index contributed by atoms with van der Waals surface area (Å²) in [6.07, 6.45) is 8.66. The van der Waals surface area contributed by atoms with Gasteiger partial charge in [0.2, 0.25) is 0 Å². The molecule has 0 aromatic carbocycles. The van der Waals surface area contributed by atoms with Crippen LogP contribution >= 0.6 is 0 Å². The van der Waals surface area contributed by atoms with Crippen LogP contribution < -0.4 is 0 Å². The van der Waals surface area contributed by atoms with Crippen molar-refractivity contribution < 1.29 is 4.74 Å². The zero-order valence-corrected chi connectivity index (χ0v) is 11.5. The van der Waals surface area contributed by atoms with Crippen molar-refractivity contribution in [3.05, 3.63) is 60.2 Å². The summed E-state index contributed by atoms with van der Waals surface area (Å²) in [4.78, 5) is 10.8. The molecule has 0 spiro atoms. The Morgan fingerprint density at radius 1 is 1.10 bits per heavy atom. The van der Waals surface area contributed by atoms with Crippen LogP contribution in [0.3, 0.4) is 0 Å². The molecule has 1 unspecified atom stereocenters. The zero-order valence-electron chi connectivity index (χ0n) is 11.5. The fraction of sp³-hybridized carbons (Fsp3) is 0.375. The first kappa shape index (κ1) is 13.2. The van der Waals surface area contributed by atoms with Crippen LogP contribution in [0.5, 0.6) is 0 Å². The van der Waals surface area contributed by atoms with Crippen molar-refractivity contribution in [2.75, 3.05) is 19.7 Å². The Kier molecular flexibility index (Phi) is 4.35. The molecule has 1 aliphatic rings. The minimum Gasteiger partial charge on any atom is -0.375 e. The summed E-state index contributed by atoms with van der Waals surface area (Å²) in [6.45, 7) is 3.69. The second-order valence-corrected chi connectivity index (χ2v) is 5.15. The lowest BCUT2D eigenvalue weighted by atomic mass is 10.1. The van der Waals surface area contributed by atoms with Crippen LogP contribution in [-0.2, 0) is 17.7 Å². The molecular formula is C16H19N3O. The lowest BCUT2D eigenvalue weighted by Gasteiger charge is -2.33. The van der Waals surface area contributed by atoms with Gasteiger partial charge in [0.05, 0.1) is 12.7 Å². The summed E-state index contributed by atoms with van der Waals surface area (Å²) in [6, 6.07) is 8.20. The molecule has 4 nitrogen and oxygen atoms in total. The molecule has 20 heavy (non-hydrogen) atoms. The standard InChI is InChI=1S/C16H19N3O/c1-3-14(10-17-5-1)9-16-13-19(7-8-20-16)12-15-4-2-6-18-11-15/h1-6,10-11,16H,7-9,12-13H2. The van der Waals surface area contributed by atoms with Crippen LogP contribution in [0, 0.1) is 0 Å². The minimum absolute atomic E-state index is 0.254. The highest BCUT2D eigenvalue weighted by Gasteiger charge is 2.20. The van der Waals surface area contributed by atoms with E-state index in [0.717, 1.165) is 32.7 Å². The van der Waals surface area contributed by atoms with Gasteiger partial charge in [-0.1, -0.05) is 12.1 Å². The van der Waals surface area contributed by atoms with Gasteiger partial charge in [-0.05, 0) is 23.3 Å². The number of aromatic nitrogens is 2. The number of pyridine rings is 2. The van der Waals surface area contributed by atoms with Gasteiger partial charge < -0.3 is 4.74 Å². The van der Waals surface area contributed by atoms with Crippen LogP contribution in [0.1, 0.15) is 11.1 Å². The number of nitrogens with zero attached hydrogens (tertiary/aromatic N) is 3. The molecule has 3 heterocycles. The first-order valence-electron chi connectivity index (χ1n) is 7.02. The fourth-order valence-corrected chi connectivity index (χ4v) is 2.58. The van der Waals surface area contributed by atoms with E-state index in [0.29, 0.717) is 0 Å². The molecule has 1 fully saturated rings. The summed E-state index contributed by atoms with van der Waals surface area (Å²) >= 11 is 0. The Bertz CT molecular complexity index is 470. The van der Waals surface area contributed by atoms with Gasteiger partial charge in [-0.2, -0.15) is 0 Å². The summed E-state index contributed by atoms with van der Waals surface area (Å²) in [5.74, 6) is 0. The van der Waals surface area contributed by atoms with Crippen LogP contribution in [0.2, 0.25) is 0 Å². The van der Waals surface area contributed by atoms with Gasteiger partial charge in [0.1, 0.15) is 0 Å². The van der Waals surface area contributed by atoms with Crippen LogP contribution in [0.15, 0.2) is 49.1 Å². The second kappa shape index (κ2) is 6.59. The van der Waals surface area contributed by atoms with Gasteiger partial charge in [0.25, 0.3) is 0 Å².